The molecule has 2 N–H and O–H groups in total. The molecule has 0 radical (unpaired) electrons. The Hall–Kier alpha value is -3.74. The number of carbonyl (C=O) groups is 2. The fourth-order valence-electron chi connectivity index (χ4n) is 2.42. The van der Waals surface area contributed by atoms with Gasteiger partial charge in [-0.25, -0.2) is 0 Å². The average molecular weight is 366 g/mol. The zero-order valence-electron chi connectivity index (χ0n) is 14.8. The summed E-state index contributed by atoms with van der Waals surface area (Å²) in [6, 6.07) is 14.9. The highest BCUT2D eigenvalue weighted by Gasteiger charge is 2.14. The molecule has 1 heterocycles. The SMILES string of the molecule is COc1ccc(C(=O)Nc2ccc(NC(=O)c3ccco3)cc2)c(OC)c1. The number of ether oxygens (including phenoxy) is 2. The molecule has 138 valence electrons. The lowest BCUT2D eigenvalue weighted by molar-refractivity contribution is 0.0994. The molecule has 3 aromatic rings. The van der Waals surface area contributed by atoms with Gasteiger partial charge >= 0.3 is 0 Å². The fraction of sp³-hybridized carbons (Fsp3) is 0.100. The van der Waals surface area contributed by atoms with Crippen LogP contribution in [-0.2, 0) is 0 Å². The van der Waals surface area contributed by atoms with Crippen molar-refractivity contribution in [1.29, 1.82) is 0 Å². The Morgan fingerprint density at radius 2 is 1.52 bits per heavy atom. The predicted octanol–water partition coefficient (Wildman–Crippen LogP) is 3.80. The molecule has 7 heteroatoms. The quantitative estimate of drug-likeness (QED) is 0.692. The van der Waals surface area contributed by atoms with Gasteiger partial charge < -0.3 is 24.5 Å². The highest BCUT2D eigenvalue weighted by molar-refractivity contribution is 6.06. The standard InChI is InChI=1S/C20H18N2O5/c1-25-15-9-10-16(18(12-15)26-2)19(23)21-13-5-7-14(8-6-13)22-20(24)17-4-3-11-27-17/h3-12H,1-2H3,(H,21,23)(H,22,24). The Bertz CT molecular complexity index is 934. The van der Waals surface area contributed by atoms with Crippen LogP contribution in [0, 0.1) is 0 Å². The first-order valence-electron chi connectivity index (χ1n) is 8.09. The van der Waals surface area contributed by atoms with Gasteiger partial charge in [0.2, 0.25) is 0 Å². The minimum absolute atomic E-state index is 0.221. The maximum Gasteiger partial charge on any atom is 0.291 e. The van der Waals surface area contributed by atoms with Crippen molar-refractivity contribution in [3.05, 3.63) is 72.2 Å². The molecule has 0 unspecified atom stereocenters. The summed E-state index contributed by atoms with van der Waals surface area (Å²) in [6.07, 6.45) is 1.43. The van der Waals surface area contributed by atoms with Crippen LogP contribution in [-0.4, -0.2) is 26.0 Å². The number of amides is 2. The molecule has 3 rings (SSSR count). The van der Waals surface area contributed by atoms with Crippen molar-refractivity contribution in [3.8, 4) is 11.5 Å². The number of anilines is 2. The Morgan fingerprint density at radius 3 is 2.07 bits per heavy atom. The van der Waals surface area contributed by atoms with E-state index < -0.39 is 0 Å². The number of rotatable bonds is 6. The van der Waals surface area contributed by atoms with Gasteiger partial charge in [0.25, 0.3) is 11.8 Å². The molecular formula is C20H18N2O5. The van der Waals surface area contributed by atoms with Gasteiger partial charge in [0.05, 0.1) is 26.0 Å². The summed E-state index contributed by atoms with van der Waals surface area (Å²) in [5.41, 5.74) is 1.54. The number of methoxy groups -OCH3 is 2. The minimum atomic E-state index is -0.347. The lowest BCUT2D eigenvalue weighted by atomic mass is 10.1. The van der Waals surface area contributed by atoms with Gasteiger partial charge in [0.15, 0.2) is 5.76 Å². The predicted molar refractivity (Wildman–Crippen MR) is 101 cm³/mol. The molecule has 0 aliphatic carbocycles. The molecule has 0 saturated heterocycles. The smallest absolute Gasteiger partial charge is 0.291 e. The van der Waals surface area contributed by atoms with E-state index in [0.717, 1.165) is 0 Å². The van der Waals surface area contributed by atoms with Crippen molar-refractivity contribution in [2.24, 2.45) is 0 Å². The third kappa shape index (κ3) is 4.27. The molecule has 0 aliphatic rings. The summed E-state index contributed by atoms with van der Waals surface area (Å²) >= 11 is 0. The summed E-state index contributed by atoms with van der Waals surface area (Å²) in [5.74, 6) is 0.565. The zero-order valence-corrected chi connectivity index (χ0v) is 14.8. The second-order valence-electron chi connectivity index (χ2n) is 5.53. The van der Waals surface area contributed by atoms with Gasteiger partial charge in [-0.2, -0.15) is 0 Å². The first-order valence-corrected chi connectivity index (χ1v) is 8.09. The van der Waals surface area contributed by atoms with Crippen molar-refractivity contribution < 1.29 is 23.5 Å². The van der Waals surface area contributed by atoms with Crippen LogP contribution in [0.1, 0.15) is 20.9 Å². The second-order valence-corrected chi connectivity index (χ2v) is 5.53. The van der Waals surface area contributed by atoms with Gasteiger partial charge in [0, 0.05) is 17.4 Å². The number of benzene rings is 2. The topological polar surface area (TPSA) is 89.8 Å². The van der Waals surface area contributed by atoms with Crippen molar-refractivity contribution in [2.75, 3.05) is 24.9 Å². The third-order valence-corrected chi connectivity index (χ3v) is 3.80. The third-order valence-electron chi connectivity index (χ3n) is 3.80. The van der Waals surface area contributed by atoms with Gasteiger partial charge in [-0.3, -0.25) is 9.59 Å². The molecule has 2 aromatic carbocycles. The molecule has 0 atom stereocenters. The molecule has 2 amide bonds. The Labute approximate surface area is 155 Å². The van der Waals surface area contributed by atoms with Crippen LogP contribution >= 0.6 is 0 Å². The summed E-state index contributed by atoms with van der Waals surface area (Å²) in [6.45, 7) is 0. The summed E-state index contributed by atoms with van der Waals surface area (Å²) < 4.78 is 15.4. The minimum Gasteiger partial charge on any atom is -0.497 e. The monoisotopic (exact) mass is 366 g/mol. The molecule has 0 spiro atoms. The van der Waals surface area contributed by atoms with Crippen LogP contribution in [0.4, 0.5) is 11.4 Å². The maximum atomic E-state index is 12.5. The number of nitrogens with one attached hydrogen (secondary N) is 2. The van der Waals surface area contributed by atoms with Crippen LogP contribution in [0.3, 0.4) is 0 Å². The normalized spacial score (nSPS) is 10.1. The van der Waals surface area contributed by atoms with Crippen LogP contribution in [0.5, 0.6) is 11.5 Å². The molecule has 1 aromatic heterocycles. The number of hydrogen-bond acceptors (Lipinski definition) is 5. The van der Waals surface area contributed by atoms with Gasteiger partial charge in [-0.15, -0.1) is 0 Å². The van der Waals surface area contributed by atoms with E-state index >= 15 is 0 Å². The lowest BCUT2D eigenvalue weighted by Gasteiger charge is -2.11. The van der Waals surface area contributed by atoms with Crippen LogP contribution in [0.25, 0.3) is 0 Å². The molecule has 0 aliphatic heterocycles. The summed E-state index contributed by atoms with van der Waals surface area (Å²) in [4.78, 5) is 24.4. The molecule has 27 heavy (non-hydrogen) atoms. The Kier molecular flexibility index (Phi) is 5.41. The van der Waals surface area contributed by atoms with Crippen LogP contribution in [0.2, 0.25) is 0 Å². The van der Waals surface area contributed by atoms with E-state index in [9.17, 15) is 9.59 Å². The van der Waals surface area contributed by atoms with E-state index in [1.807, 2.05) is 0 Å². The van der Waals surface area contributed by atoms with E-state index in [4.69, 9.17) is 13.9 Å². The highest BCUT2D eigenvalue weighted by atomic mass is 16.5. The summed E-state index contributed by atoms with van der Waals surface area (Å²) in [5, 5.41) is 5.50. The van der Waals surface area contributed by atoms with E-state index in [-0.39, 0.29) is 17.6 Å². The zero-order chi connectivity index (χ0) is 19.2. The first-order chi connectivity index (χ1) is 13.1. The second kappa shape index (κ2) is 8.09. The first kappa shape index (κ1) is 18.1. The van der Waals surface area contributed by atoms with E-state index in [2.05, 4.69) is 10.6 Å². The van der Waals surface area contributed by atoms with E-state index in [0.29, 0.717) is 28.4 Å². The Morgan fingerprint density at radius 1 is 0.852 bits per heavy atom. The molecule has 7 nitrogen and oxygen atoms in total. The fourth-order valence-corrected chi connectivity index (χ4v) is 2.42. The van der Waals surface area contributed by atoms with Gasteiger partial charge in [-0.05, 0) is 48.5 Å². The number of hydrogen-bond donors (Lipinski definition) is 2. The van der Waals surface area contributed by atoms with E-state index in [1.54, 1.807) is 61.7 Å². The highest BCUT2D eigenvalue weighted by Crippen LogP contribution is 2.25. The van der Waals surface area contributed by atoms with Gasteiger partial charge in [-0.1, -0.05) is 0 Å². The average Bonchev–Trinajstić information content (AvgIpc) is 3.24. The van der Waals surface area contributed by atoms with E-state index in [1.165, 1.54) is 13.4 Å². The van der Waals surface area contributed by atoms with Crippen molar-refractivity contribution in [3.63, 3.8) is 0 Å². The molecule has 0 bridgehead atoms. The van der Waals surface area contributed by atoms with Gasteiger partial charge in [0.1, 0.15) is 11.5 Å². The number of carbonyl (C=O) groups excluding carboxylic acids is 2. The van der Waals surface area contributed by atoms with Crippen molar-refractivity contribution in [2.45, 2.75) is 0 Å². The van der Waals surface area contributed by atoms with Crippen molar-refractivity contribution in [1.82, 2.24) is 0 Å². The molecular weight excluding hydrogens is 348 g/mol. The molecule has 0 fully saturated rings. The largest absolute Gasteiger partial charge is 0.497 e. The maximum absolute atomic E-state index is 12.5. The number of furan rings is 1. The van der Waals surface area contributed by atoms with Crippen LogP contribution < -0.4 is 20.1 Å². The van der Waals surface area contributed by atoms with Crippen molar-refractivity contribution >= 4 is 23.2 Å². The lowest BCUT2D eigenvalue weighted by Crippen LogP contribution is -2.14. The Balaban J connectivity index is 1.67. The molecule has 0 saturated carbocycles. The van der Waals surface area contributed by atoms with Crippen LogP contribution in [0.15, 0.2) is 65.3 Å². The summed E-state index contributed by atoms with van der Waals surface area (Å²) in [7, 11) is 3.03.